The molecule has 0 aromatic rings. The molecule has 0 atom stereocenters. The molecule has 0 bridgehead atoms. The third-order valence-corrected chi connectivity index (χ3v) is 2.06. The van der Waals surface area contributed by atoms with Crippen LogP contribution in [0.15, 0.2) is 0 Å². The van der Waals surface area contributed by atoms with Crippen LogP contribution in [0, 0.1) is 0 Å². The van der Waals surface area contributed by atoms with Crippen molar-refractivity contribution < 1.29 is 29.3 Å². The van der Waals surface area contributed by atoms with Crippen molar-refractivity contribution in [3.63, 3.8) is 0 Å². The average Bonchev–Trinajstić information content (AvgIpc) is 1.96. The third-order valence-electron chi connectivity index (χ3n) is 2.06. The van der Waals surface area contributed by atoms with E-state index in [1.165, 1.54) is 0 Å². The fourth-order valence-corrected chi connectivity index (χ4v) is 1.18. The standard InChI is InChI=1S/C10H18O6/c1-9(2,15-7(11)12)5-6-10(3,4)16-8(13)14/h5-6H2,1-4H3,(H,11,12)(H,13,14). The van der Waals surface area contributed by atoms with E-state index in [-0.39, 0.29) is 0 Å². The van der Waals surface area contributed by atoms with Crippen LogP contribution in [0.5, 0.6) is 0 Å². The minimum Gasteiger partial charge on any atom is -0.450 e. The van der Waals surface area contributed by atoms with Crippen LogP contribution in [0.3, 0.4) is 0 Å². The fourth-order valence-electron chi connectivity index (χ4n) is 1.18. The second-order valence-corrected chi connectivity index (χ2v) is 4.76. The lowest BCUT2D eigenvalue weighted by atomic mass is 9.94. The van der Waals surface area contributed by atoms with Crippen molar-refractivity contribution in [2.75, 3.05) is 0 Å². The monoisotopic (exact) mass is 234 g/mol. The number of hydrogen-bond donors (Lipinski definition) is 2. The zero-order chi connectivity index (χ0) is 13.0. The molecule has 0 saturated heterocycles. The van der Waals surface area contributed by atoms with Crippen molar-refractivity contribution in [3.8, 4) is 0 Å². The summed E-state index contributed by atoms with van der Waals surface area (Å²) in [6.45, 7) is 6.49. The Morgan fingerprint density at radius 3 is 1.31 bits per heavy atom. The summed E-state index contributed by atoms with van der Waals surface area (Å²) >= 11 is 0. The first-order valence-electron chi connectivity index (χ1n) is 4.88. The van der Waals surface area contributed by atoms with Gasteiger partial charge in [-0.25, -0.2) is 9.59 Å². The molecule has 6 heteroatoms. The lowest BCUT2D eigenvalue weighted by molar-refractivity contribution is -0.0356. The summed E-state index contributed by atoms with van der Waals surface area (Å²) < 4.78 is 9.30. The van der Waals surface area contributed by atoms with Gasteiger partial charge in [-0.05, 0) is 40.5 Å². The van der Waals surface area contributed by atoms with Crippen LogP contribution in [-0.2, 0) is 9.47 Å². The molecule has 0 saturated carbocycles. The summed E-state index contributed by atoms with van der Waals surface area (Å²) in [4.78, 5) is 20.7. The maximum atomic E-state index is 10.4. The normalized spacial score (nSPS) is 12.0. The van der Waals surface area contributed by atoms with Gasteiger partial charge in [-0.1, -0.05) is 0 Å². The molecule has 6 nitrogen and oxygen atoms in total. The van der Waals surface area contributed by atoms with Crippen LogP contribution in [0.2, 0.25) is 0 Å². The molecule has 0 unspecified atom stereocenters. The van der Waals surface area contributed by atoms with E-state index in [1.807, 2.05) is 0 Å². The Bertz CT molecular complexity index is 240. The zero-order valence-electron chi connectivity index (χ0n) is 9.94. The molecule has 0 fully saturated rings. The molecule has 0 amide bonds. The summed E-state index contributed by atoms with van der Waals surface area (Å²) in [6, 6.07) is 0. The van der Waals surface area contributed by atoms with E-state index in [4.69, 9.17) is 10.2 Å². The van der Waals surface area contributed by atoms with Gasteiger partial charge in [-0.2, -0.15) is 0 Å². The molecule has 0 spiro atoms. The fraction of sp³-hybridized carbons (Fsp3) is 0.800. The first-order valence-corrected chi connectivity index (χ1v) is 4.88. The van der Waals surface area contributed by atoms with Gasteiger partial charge < -0.3 is 19.7 Å². The Balaban J connectivity index is 4.21. The highest BCUT2D eigenvalue weighted by Gasteiger charge is 2.29. The highest BCUT2D eigenvalue weighted by molar-refractivity contribution is 5.57. The van der Waals surface area contributed by atoms with Crippen LogP contribution in [0.1, 0.15) is 40.5 Å². The Hall–Kier alpha value is -1.46. The molecule has 0 radical (unpaired) electrons. The Morgan fingerprint density at radius 2 is 1.12 bits per heavy atom. The van der Waals surface area contributed by atoms with Crippen molar-refractivity contribution >= 4 is 12.3 Å². The van der Waals surface area contributed by atoms with E-state index in [2.05, 4.69) is 9.47 Å². The van der Waals surface area contributed by atoms with Gasteiger partial charge in [-0.15, -0.1) is 0 Å². The number of carbonyl (C=O) groups is 2. The molecule has 0 heterocycles. The van der Waals surface area contributed by atoms with Crippen LogP contribution in [0.4, 0.5) is 9.59 Å². The molecular weight excluding hydrogens is 216 g/mol. The van der Waals surface area contributed by atoms with Gasteiger partial charge in [0, 0.05) is 0 Å². The highest BCUT2D eigenvalue weighted by Crippen LogP contribution is 2.24. The molecule has 0 aliphatic carbocycles. The van der Waals surface area contributed by atoms with Gasteiger partial charge >= 0.3 is 12.3 Å². The highest BCUT2D eigenvalue weighted by atomic mass is 16.7. The largest absolute Gasteiger partial charge is 0.506 e. The van der Waals surface area contributed by atoms with E-state index < -0.39 is 23.5 Å². The van der Waals surface area contributed by atoms with Crippen LogP contribution in [0.25, 0.3) is 0 Å². The van der Waals surface area contributed by atoms with E-state index in [9.17, 15) is 9.59 Å². The predicted molar refractivity (Wildman–Crippen MR) is 55.6 cm³/mol. The Labute approximate surface area is 94.2 Å². The quantitative estimate of drug-likeness (QED) is 0.710. The number of carboxylic acid groups (broad SMARTS) is 2. The average molecular weight is 234 g/mol. The summed E-state index contributed by atoms with van der Waals surface area (Å²) in [6.07, 6.45) is -1.94. The van der Waals surface area contributed by atoms with Gasteiger partial charge in [0.05, 0.1) is 0 Å². The molecule has 0 aromatic heterocycles. The van der Waals surface area contributed by atoms with Gasteiger partial charge in [0.1, 0.15) is 11.2 Å². The number of hydrogen-bond acceptors (Lipinski definition) is 4. The topological polar surface area (TPSA) is 93.1 Å². The first-order chi connectivity index (χ1) is 7.04. The first kappa shape index (κ1) is 14.5. The van der Waals surface area contributed by atoms with Gasteiger partial charge in [-0.3, -0.25) is 0 Å². The van der Waals surface area contributed by atoms with Gasteiger partial charge in [0.15, 0.2) is 0 Å². The molecule has 0 aliphatic heterocycles. The van der Waals surface area contributed by atoms with Crippen molar-refractivity contribution in [1.82, 2.24) is 0 Å². The predicted octanol–water partition coefficient (Wildman–Crippen LogP) is 2.71. The minimum absolute atomic E-state index is 0.375. The SMILES string of the molecule is CC(C)(CCC(C)(C)OC(=O)O)OC(=O)O. The lowest BCUT2D eigenvalue weighted by Gasteiger charge is -2.29. The summed E-state index contributed by atoms with van der Waals surface area (Å²) in [5.41, 5.74) is -1.71. The number of rotatable bonds is 5. The van der Waals surface area contributed by atoms with Crippen LogP contribution >= 0.6 is 0 Å². The second-order valence-electron chi connectivity index (χ2n) is 4.76. The molecule has 16 heavy (non-hydrogen) atoms. The molecule has 0 aliphatic rings. The molecular formula is C10H18O6. The minimum atomic E-state index is -1.35. The van der Waals surface area contributed by atoms with Crippen molar-refractivity contribution in [2.24, 2.45) is 0 Å². The lowest BCUT2D eigenvalue weighted by Crippen LogP contribution is -2.33. The van der Waals surface area contributed by atoms with Crippen molar-refractivity contribution in [1.29, 1.82) is 0 Å². The van der Waals surface area contributed by atoms with E-state index in [1.54, 1.807) is 27.7 Å². The molecule has 0 rings (SSSR count). The van der Waals surface area contributed by atoms with Crippen LogP contribution in [-0.4, -0.2) is 33.7 Å². The van der Waals surface area contributed by atoms with Crippen LogP contribution < -0.4 is 0 Å². The van der Waals surface area contributed by atoms with Crippen molar-refractivity contribution in [2.45, 2.75) is 51.7 Å². The Kier molecular flexibility index (Phi) is 4.59. The Morgan fingerprint density at radius 1 is 0.875 bits per heavy atom. The zero-order valence-corrected chi connectivity index (χ0v) is 9.94. The van der Waals surface area contributed by atoms with E-state index >= 15 is 0 Å². The van der Waals surface area contributed by atoms with E-state index in [0.29, 0.717) is 12.8 Å². The maximum Gasteiger partial charge on any atom is 0.506 e. The second kappa shape index (κ2) is 5.05. The smallest absolute Gasteiger partial charge is 0.450 e. The summed E-state index contributed by atoms with van der Waals surface area (Å²) in [7, 11) is 0. The third kappa shape index (κ3) is 6.92. The van der Waals surface area contributed by atoms with Gasteiger partial charge in [0.25, 0.3) is 0 Å². The molecule has 0 aromatic carbocycles. The van der Waals surface area contributed by atoms with Crippen molar-refractivity contribution in [3.05, 3.63) is 0 Å². The maximum absolute atomic E-state index is 10.4. The van der Waals surface area contributed by atoms with E-state index in [0.717, 1.165) is 0 Å². The summed E-state index contributed by atoms with van der Waals surface area (Å²) in [5.74, 6) is 0. The number of ether oxygens (including phenoxy) is 2. The van der Waals surface area contributed by atoms with Gasteiger partial charge in [0.2, 0.25) is 0 Å². The summed E-state index contributed by atoms with van der Waals surface area (Å²) in [5, 5.41) is 17.0. The molecule has 94 valence electrons. The molecule has 2 N–H and O–H groups in total.